The Hall–Kier alpha value is -1.51. The molecule has 0 radical (unpaired) electrons. The van der Waals surface area contributed by atoms with Gasteiger partial charge >= 0.3 is 12.3 Å². The van der Waals surface area contributed by atoms with E-state index in [2.05, 4.69) is 20.7 Å². The monoisotopic (exact) mass is 329 g/mol. The van der Waals surface area contributed by atoms with Gasteiger partial charge in [-0.3, -0.25) is 9.59 Å². The Bertz CT molecular complexity index is 512. The first-order valence-corrected chi connectivity index (χ1v) is 5.63. The molecule has 0 bridgehead atoms. The maximum Gasteiger partial charge on any atom is 0.573 e. The van der Waals surface area contributed by atoms with E-state index in [1.54, 1.807) is 0 Å². The van der Waals surface area contributed by atoms with E-state index in [9.17, 15) is 22.8 Å². The van der Waals surface area contributed by atoms with Crippen molar-refractivity contribution >= 4 is 21.9 Å². The van der Waals surface area contributed by atoms with Gasteiger partial charge in [-0.05, 0) is 0 Å². The normalized spacial score (nSPS) is 11.3. The maximum absolute atomic E-state index is 12.2. The van der Waals surface area contributed by atoms with E-state index in [-0.39, 0.29) is 10.9 Å². The first-order valence-electron chi connectivity index (χ1n) is 4.51. The number of carboxylic acids is 1. The van der Waals surface area contributed by atoms with Crippen molar-refractivity contribution in [2.45, 2.75) is 18.1 Å². The van der Waals surface area contributed by atoms with Crippen LogP contribution in [0.25, 0.3) is 0 Å². The topological polar surface area (TPSA) is 79.4 Å². The third kappa shape index (κ3) is 4.06. The van der Waals surface area contributed by atoms with Gasteiger partial charge in [0.25, 0.3) is 0 Å². The van der Waals surface area contributed by atoms with Gasteiger partial charge in [0, 0.05) is 17.0 Å². The average Bonchev–Trinajstić information content (AvgIpc) is 2.19. The molecule has 0 unspecified atom stereocenters. The van der Waals surface area contributed by atoms with Crippen LogP contribution in [0.3, 0.4) is 0 Å². The molecule has 100 valence electrons. The predicted molar refractivity (Wildman–Crippen MR) is 57.7 cm³/mol. The Labute approximate surface area is 107 Å². The van der Waals surface area contributed by atoms with Crippen molar-refractivity contribution in [1.29, 1.82) is 0 Å². The summed E-state index contributed by atoms with van der Waals surface area (Å²) in [6, 6.07) is 0.904. The van der Waals surface area contributed by atoms with Crippen molar-refractivity contribution in [2.75, 3.05) is 0 Å². The van der Waals surface area contributed by atoms with Crippen LogP contribution in [0.15, 0.2) is 10.9 Å². The van der Waals surface area contributed by atoms with Crippen molar-refractivity contribution in [3.63, 3.8) is 0 Å². The Kier molecular flexibility index (Phi) is 4.38. The summed E-state index contributed by atoms with van der Waals surface area (Å²) < 4.78 is 40.3. The van der Waals surface area contributed by atoms with Crippen LogP contribution in [0.5, 0.6) is 5.75 Å². The van der Waals surface area contributed by atoms with Gasteiger partial charge in [0.2, 0.25) is 5.56 Å². The van der Waals surface area contributed by atoms with Crippen molar-refractivity contribution in [2.24, 2.45) is 0 Å². The summed E-state index contributed by atoms with van der Waals surface area (Å²) >= 11 is 2.90. The lowest BCUT2D eigenvalue weighted by atomic mass is 10.2. The van der Waals surface area contributed by atoms with Crippen LogP contribution in [0.2, 0.25) is 0 Å². The van der Waals surface area contributed by atoms with Gasteiger partial charge in [-0.25, -0.2) is 0 Å². The summed E-state index contributed by atoms with van der Waals surface area (Å²) in [5.41, 5.74) is -1.20. The van der Waals surface area contributed by atoms with Gasteiger partial charge in [-0.2, -0.15) is 0 Å². The number of halogens is 4. The number of aromatic amines is 1. The van der Waals surface area contributed by atoms with Gasteiger partial charge in [-0.15, -0.1) is 13.2 Å². The molecule has 1 aromatic heterocycles. The molecule has 0 fully saturated rings. The fraction of sp³-hybridized carbons (Fsp3) is 0.333. The van der Waals surface area contributed by atoms with Gasteiger partial charge < -0.3 is 14.8 Å². The Morgan fingerprint density at radius 2 is 2.11 bits per heavy atom. The highest BCUT2D eigenvalue weighted by Crippen LogP contribution is 2.29. The van der Waals surface area contributed by atoms with Crippen LogP contribution >= 0.6 is 15.9 Å². The van der Waals surface area contributed by atoms with Crippen molar-refractivity contribution < 1.29 is 27.8 Å². The van der Waals surface area contributed by atoms with Gasteiger partial charge in [0.1, 0.15) is 0 Å². The summed E-state index contributed by atoms with van der Waals surface area (Å²) in [5.74, 6) is -2.08. The quantitative estimate of drug-likeness (QED) is 0.825. The van der Waals surface area contributed by atoms with Gasteiger partial charge in [-0.1, -0.05) is 15.9 Å². The standard InChI is InChI=1S/C9H7BrF3NO4/c10-3-4-1-6(15)14-5(2-7(16)17)8(4)18-9(11,12)13/h1H,2-3H2,(H,14,15)(H,16,17). The summed E-state index contributed by atoms with van der Waals surface area (Å²) in [4.78, 5) is 23.7. The molecule has 1 aromatic rings. The molecule has 1 heterocycles. The van der Waals surface area contributed by atoms with E-state index in [0.29, 0.717) is 0 Å². The summed E-state index contributed by atoms with van der Waals surface area (Å²) in [6.45, 7) is 0. The van der Waals surface area contributed by atoms with E-state index < -0.39 is 35.8 Å². The minimum Gasteiger partial charge on any atom is -0.481 e. The van der Waals surface area contributed by atoms with Crippen LogP contribution < -0.4 is 10.3 Å². The molecule has 0 aliphatic carbocycles. The third-order valence-electron chi connectivity index (χ3n) is 1.83. The number of hydrogen-bond donors (Lipinski definition) is 2. The average molecular weight is 330 g/mol. The SMILES string of the molecule is O=C(O)Cc1[nH]c(=O)cc(CBr)c1OC(F)(F)F. The second-order valence-electron chi connectivity index (χ2n) is 3.22. The molecule has 1 rings (SSSR count). The molecule has 0 spiro atoms. The van der Waals surface area contributed by atoms with Gasteiger partial charge in [0.05, 0.1) is 12.1 Å². The number of hydrogen-bond acceptors (Lipinski definition) is 3. The number of alkyl halides is 4. The molecule has 0 aromatic carbocycles. The molecule has 0 saturated carbocycles. The van der Waals surface area contributed by atoms with Crippen LogP contribution in [0.1, 0.15) is 11.3 Å². The summed E-state index contributed by atoms with van der Waals surface area (Å²) in [5, 5.41) is 8.50. The Morgan fingerprint density at radius 3 is 2.56 bits per heavy atom. The molecule has 0 aliphatic heterocycles. The number of H-pyrrole nitrogens is 1. The highest BCUT2D eigenvalue weighted by Gasteiger charge is 2.33. The van der Waals surface area contributed by atoms with Crippen LogP contribution in [0, 0.1) is 0 Å². The van der Waals surface area contributed by atoms with E-state index in [1.807, 2.05) is 4.98 Å². The largest absolute Gasteiger partial charge is 0.573 e. The predicted octanol–water partition coefficient (Wildman–Crippen LogP) is 1.80. The summed E-state index contributed by atoms with van der Waals surface area (Å²) in [7, 11) is 0. The number of carbonyl (C=O) groups is 1. The van der Waals surface area contributed by atoms with Crippen LogP contribution in [-0.2, 0) is 16.5 Å². The minimum absolute atomic E-state index is 0.0745. The molecule has 5 nitrogen and oxygen atoms in total. The van der Waals surface area contributed by atoms with Crippen molar-refractivity contribution in [1.82, 2.24) is 4.98 Å². The molecular formula is C9H7BrF3NO4. The zero-order valence-electron chi connectivity index (χ0n) is 8.68. The molecular weight excluding hydrogens is 323 g/mol. The zero-order valence-corrected chi connectivity index (χ0v) is 10.3. The molecule has 0 aliphatic rings. The number of rotatable bonds is 4. The van der Waals surface area contributed by atoms with Gasteiger partial charge in [0.15, 0.2) is 5.75 Å². The molecule has 0 saturated heterocycles. The fourth-order valence-electron chi connectivity index (χ4n) is 1.28. The van der Waals surface area contributed by atoms with E-state index in [0.717, 1.165) is 6.07 Å². The maximum atomic E-state index is 12.2. The van der Waals surface area contributed by atoms with E-state index in [1.165, 1.54) is 0 Å². The zero-order chi connectivity index (χ0) is 13.9. The van der Waals surface area contributed by atoms with Crippen molar-refractivity contribution in [3.8, 4) is 5.75 Å². The number of pyridine rings is 1. The molecule has 0 atom stereocenters. The van der Waals surface area contributed by atoms with Crippen LogP contribution in [-0.4, -0.2) is 22.4 Å². The molecule has 9 heteroatoms. The van der Waals surface area contributed by atoms with E-state index in [4.69, 9.17) is 5.11 Å². The Morgan fingerprint density at radius 1 is 1.50 bits per heavy atom. The lowest BCUT2D eigenvalue weighted by molar-refractivity contribution is -0.275. The first-order chi connectivity index (χ1) is 8.23. The highest BCUT2D eigenvalue weighted by molar-refractivity contribution is 9.08. The third-order valence-corrected chi connectivity index (χ3v) is 2.44. The second kappa shape index (κ2) is 5.42. The van der Waals surface area contributed by atoms with Crippen molar-refractivity contribution in [3.05, 3.63) is 27.7 Å². The fourth-order valence-corrected chi connectivity index (χ4v) is 1.69. The number of aromatic nitrogens is 1. The second-order valence-corrected chi connectivity index (χ2v) is 3.78. The lowest BCUT2D eigenvalue weighted by Crippen LogP contribution is -2.22. The van der Waals surface area contributed by atoms with Crippen LogP contribution in [0.4, 0.5) is 13.2 Å². The summed E-state index contributed by atoms with van der Waals surface area (Å²) in [6.07, 6.45) is -5.75. The van der Waals surface area contributed by atoms with E-state index >= 15 is 0 Å². The molecule has 2 N–H and O–H groups in total. The highest BCUT2D eigenvalue weighted by atomic mass is 79.9. The lowest BCUT2D eigenvalue weighted by Gasteiger charge is -2.15. The molecule has 18 heavy (non-hydrogen) atoms. The minimum atomic E-state index is -4.97. The first kappa shape index (κ1) is 14.6. The number of ether oxygens (including phenoxy) is 1. The Balaban J connectivity index is 3.32. The number of nitrogens with one attached hydrogen (secondary N) is 1. The smallest absolute Gasteiger partial charge is 0.481 e. The number of carboxylic acid groups (broad SMARTS) is 1. The number of aliphatic carboxylic acids is 1. The molecule has 0 amide bonds.